The fraction of sp³-hybridized carbons (Fsp3) is 0.444. The highest BCUT2D eigenvalue weighted by atomic mass is 19.4. The van der Waals surface area contributed by atoms with Crippen LogP contribution in [-0.2, 0) is 33.8 Å². The lowest BCUT2D eigenvalue weighted by Crippen LogP contribution is -2.26. The first-order valence-electron chi connectivity index (χ1n) is 8.52. The van der Waals surface area contributed by atoms with E-state index in [1.165, 1.54) is 19.3 Å². The zero-order valence-corrected chi connectivity index (χ0v) is 15.8. The Morgan fingerprint density at radius 1 is 1.11 bits per heavy atom. The molecule has 0 atom stereocenters. The second-order valence-corrected chi connectivity index (χ2v) is 5.65. The molecule has 0 fully saturated rings. The molecule has 2 rings (SSSR count). The summed E-state index contributed by atoms with van der Waals surface area (Å²) in [5.41, 5.74) is 0.246. The van der Waals surface area contributed by atoms with Gasteiger partial charge in [0.2, 0.25) is 5.88 Å². The number of hydroxylamine groups is 1. The lowest BCUT2D eigenvalue weighted by Gasteiger charge is -2.23. The number of alkyl halides is 3. The lowest BCUT2D eigenvalue weighted by atomic mass is 10.2. The smallest absolute Gasteiger partial charge is 0.433 e. The van der Waals surface area contributed by atoms with Gasteiger partial charge in [-0.05, 0) is 12.5 Å². The Morgan fingerprint density at radius 2 is 1.86 bits per heavy atom. The van der Waals surface area contributed by atoms with Gasteiger partial charge in [0, 0.05) is 18.1 Å². The average molecular weight is 401 g/mol. The van der Waals surface area contributed by atoms with Crippen LogP contribution in [0.15, 0.2) is 30.3 Å². The van der Waals surface area contributed by atoms with Crippen molar-refractivity contribution in [3.05, 3.63) is 47.4 Å². The number of aryl methyl sites for hydroxylation is 1. The van der Waals surface area contributed by atoms with Crippen molar-refractivity contribution < 1.29 is 32.5 Å². The minimum Gasteiger partial charge on any atom is -0.473 e. The minimum absolute atomic E-state index is 0.0175. The summed E-state index contributed by atoms with van der Waals surface area (Å²) in [6.07, 6.45) is -3.64. The standard InChI is InChI=1S/C18H22F3N3O4/c1-4-7-16-22-15(18(19,20)21)10-17(23-16)27-11-13-8-5-6-9-14(13)24(25-2)12-28-26-3/h5-6,8-10H,4,7,11-12H2,1-3H3. The molecule has 2 aromatic rings. The van der Waals surface area contributed by atoms with E-state index in [9.17, 15) is 13.2 Å². The Hall–Kier alpha value is -2.43. The number of anilines is 1. The van der Waals surface area contributed by atoms with Gasteiger partial charge in [0.25, 0.3) is 0 Å². The Bertz CT molecular complexity index is 759. The number of ether oxygens (including phenoxy) is 1. The highest BCUT2D eigenvalue weighted by Gasteiger charge is 2.34. The predicted molar refractivity (Wildman–Crippen MR) is 94.3 cm³/mol. The van der Waals surface area contributed by atoms with Gasteiger partial charge in [-0.1, -0.05) is 25.1 Å². The molecular weight excluding hydrogens is 379 g/mol. The van der Waals surface area contributed by atoms with E-state index in [1.54, 1.807) is 24.3 Å². The number of hydrogen-bond acceptors (Lipinski definition) is 7. The number of benzene rings is 1. The van der Waals surface area contributed by atoms with E-state index >= 15 is 0 Å². The number of nitrogens with zero attached hydrogens (tertiary/aromatic N) is 3. The summed E-state index contributed by atoms with van der Waals surface area (Å²) in [6.45, 7) is 1.79. The molecule has 28 heavy (non-hydrogen) atoms. The third-order valence-electron chi connectivity index (χ3n) is 3.66. The molecule has 0 radical (unpaired) electrons. The van der Waals surface area contributed by atoms with E-state index in [0.29, 0.717) is 24.1 Å². The summed E-state index contributed by atoms with van der Waals surface area (Å²) in [4.78, 5) is 22.3. The van der Waals surface area contributed by atoms with Gasteiger partial charge in [0.05, 0.1) is 19.9 Å². The second-order valence-electron chi connectivity index (χ2n) is 5.65. The maximum Gasteiger partial charge on any atom is 0.433 e. The molecule has 0 aliphatic carbocycles. The van der Waals surface area contributed by atoms with E-state index in [2.05, 4.69) is 14.9 Å². The first kappa shape index (κ1) is 21.9. The minimum atomic E-state index is -4.58. The monoisotopic (exact) mass is 401 g/mol. The van der Waals surface area contributed by atoms with Crippen molar-refractivity contribution in [2.45, 2.75) is 32.5 Å². The van der Waals surface area contributed by atoms with Crippen molar-refractivity contribution in [3.8, 4) is 5.88 Å². The van der Waals surface area contributed by atoms with Crippen LogP contribution in [0.3, 0.4) is 0 Å². The highest BCUT2D eigenvalue weighted by Crippen LogP contribution is 2.30. The molecule has 1 aromatic heterocycles. The Balaban J connectivity index is 2.23. The van der Waals surface area contributed by atoms with Crippen LogP contribution in [0, 0.1) is 0 Å². The van der Waals surface area contributed by atoms with Crippen molar-refractivity contribution in [2.24, 2.45) is 0 Å². The number of rotatable bonds is 10. The normalized spacial score (nSPS) is 11.5. The van der Waals surface area contributed by atoms with Crippen LogP contribution in [-0.4, -0.2) is 30.9 Å². The van der Waals surface area contributed by atoms with Crippen molar-refractivity contribution >= 4 is 5.69 Å². The highest BCUT2D eigenvalue weighted by molar-refractivity contribution is 5.51. The second kappa shape index (κ2) is 10.2. The van der Waals surface area contributed by atoms with Crippen LogP contribution >= 0.6 is 0 Å². The van der Waals surface area contributed by atoms with Crippen molar-refractivity contribution in [1.29, 1.82) is 0 Å². The van der Waals surface area contributed by atoms with E-state index < -0.39 is 11.9 Å². The van der Waals surface area contributed by atoms with Crippen molar-refractivity contribution in [3.63, 3.8) is 0 Å². The van der Waals surface area contributed by atoms with E-state index in [1.807, 2.05) is 6.92 Å². The molecule has 0 saturated heterocycles. The number of hydrogen-bond donors (Lipinski definition) is 0. The van der Waals surface area contributed by atoms with E-state index in [0.717, 1.165) is 6.07 Å². The average Bonchev–Trinajstić information content (AvgIpc) is 2.67. The van der Waals surface area contributed by atoms with Gasteiger partial charge in [0.1, 0.15) is 12.4 Å². The molecule has 0 amide bonds. The number of aromatic nitrogens is 2. The molecule has 7 nitrogen and oxygen atoms in total. The molecule has 10 heteroatoms. The summed E-state index contributed by atoms with van der Waals surface area (Å²) < 4.78 is 44.8. The van der Waals surface area contributed by atoms with Gasteiger partial charge >= 0.3 is 6.18 Å². The first-order chi connectivity index (χ1) is 13.4. The molecular formula is C18H22F3N3O4. The van der Waals surface area contributed by atoms with Gasteiger partial charge in [-0.15, -0.1) is 0 Å². The summed E-state index contributed by atoms with van der Waals surface area (Å²) in [7, 11) is 2.82. The third kappa shape index (κ3) is 6.04. The molecule has 1 heterocycles. The van der Waals surface area contributed by atoms with Crippen molar-refractivity contribution in [2.75, 3.05) is 26.0 Å². The SMILES string of the molecule is CCCc1nc(OCc2ccccc2N(COOC)OC)cc(C(F)(F)F)n1. The maximum absolute atomic E-state index is 13.1. The van der Waals surface area contributed by atoms with Gasteiger partial charge in [-0.3, -0.25) is 4.84 Å². The summed E-state index contributed by atoms with van der Waals surface area (Å²) in [6, 6.07) is 7.86. The molecule has 0 unspecified atom stereocenters. The number of para-hydroxylation sites is 1. The van der Waals surface area contributed by atoms with E-state index in [-0.39, 0.29) is 25.0 Å². The van der Waals surface area contributed by atoms with Gasteiger partial charge in [-0.2, -0.15) is 18.2 Å². The predicted octanol–water partition coefficient (Wildman–Crippen LogP) is 3.93. The molecule has 0 N–H and O–H groups in total. The molecule has 0 saturated carbocycles. The van der Waals surface area contributed by atoms with E-state index in [4.69, 9.17) is 14.5 Å². The quantitative estimate of drug-likeness (QED) is 0.339. The van der Waals surface area contributed by atoms with Crippen molar-refractivity contribution in [1.82, 2.24) is 9.97 Å². The Labute approximate surface area is 160 Å². The lowest BCUT2D eigenvalue weighted by molar-refractivity contribution is -0.280. The summed E-state index contributed by atoms with van der Waals surface area (Å²) in [5.74, 6) is -0.0506. The molecule has 0 bridgehead atoms. The first-order valence-corrected chi connectivity index (χ1v) is 8.52. The Kier molecular flexibility index (Phi) is 7.97. The zero-order valence-electron chi connectivity index (χ0n) is 15.8. The number of halogens is 3. The Morgan fingerprint density at radius 3 is 2.50 bits per heavy atom. The summed E-state index contributed by atoms with van der Waals surface area (Å²) >= 11 is 0. The maximum atomic E-state index is 13.1. The third-order valence-corrected chi connectivity index (χ3v) is 3.66. The van der Waals surface area contributed by atoms with Crippen LogP contribution in [0.5, 0.6) is 5.88 Å². The molecule has 0 spiro atoms. The van der Waals surface area contributed by atoms with Crippen LogP contribution in [0.4, 0.5) is 18.9 Å². The fourth-order valence-electron chi connectivity index (χ4n) is 2.38. The van der Waals surface area contributed by atoms with Gasteiger partial charge in [0.15, 0.2) is 12.4 Å². The van der Waals surface area contributed by atoms with Crippen LogP contribution < -0.4 is 9.80 Å². The van der Waals surface area contributed by atoms with Crippen LogP contribution in [0.1, 0.15) is 30.4 Å². The fourth-order valence-corrected chi connectivity index (χ4v) is 2.38. The zero-order chi connectivity index (χ0) is 20.6. The van der Waals surface area contributed by atoms with Crippen LogP contribution in [0.2, 0.25) is 0 Å². The van der Waals surface area contributed by atoms with Gasteiger partial charge in [-0.25, -0.2) is 19.8 Å². The topological polar surface area (TPSA) is 65.9 Å². The molecule has 0 aliphatic heterocycles. The largest absolute Gasteiger partial charge is 0.473 e. The molecule has 154 valence electrons. The van der Waals surface area contributed by atoms with Gasteiger partial charge < -0.3 is 4.74 Å². The molecule has 0 aliphatic rings. The molecule has 1 aromatic carbocycles. The summed E-state index contributed by atoms with van der Waals surface area (Å²) in [5, 5.41) is 1.41. The van der Waals surface area contributed by atoms with Crippen LogP contribution in [0.25, 0.3) is 0 Å².